The molecule has 0 aliphatic heterocycles. The number of hydrogen-bond acceptors (Lipinski definition) is 8. The van der Waals surface area contributed by atoms with E-state index in [1.54, 1.807) is 51.7 Å². The molecule has 0 saturated carbocycles. The van der Waals surface area contributed by atoms with Gasteiger partial charge in [-0.1, -0.05) is 6.07 Å². The molecule has 5 aromatic rings. The molecule has 0 aromatic carbocycles. The quantitative estimate of drug-likeness (QED) is 0.256. The number of pyridine rings is 3. The Bertz CT molecular complexity index is 1250. The zero-order valence-corrected chi connectivity index (χ0v) is 26.4. The Morgan fingerprint density at radius 3 is 1.68 bits per heavy atom. The average Bonchev–Trinajstić information content (AvgIpc) is 3.63. The van der Waals surface area contributed by atoms with E-state index in [1.807, 2.05) is 91.2 Å². The van der Waals surface area contributed by atoms with Crippen LogP contribution >= 0.6 is 0 Å². The van der Waals surface area contributed by atoms with Crippen LogP contribution in [0.25, 0.3) is 0 Å². The van der Waals surface area contributed by atoms with Crippen molar-refractivity contribution in [2.45, 2.75) is 20.0 Å². The number of aromatic nitrogens is 7. The summed E-state index contributed by atoms with van der Waals surface area (Å²) >= 11 is 0. The molecular formula is C29H38N8O2Os+. The third-order valence-corrected chi connectivity index (χ3v) is 4.99. The summed E-state index contributed by atoms with van der Waals surface area (Å²) in [6.45, 7) is 3.51. The monoisotopic (exact) mass is 722 g/mol. The van der Waals surface area contributed by atoms with Crippen LogP contribution < -0.4 is 9.47 Å². The van der Waals surface area contributed by atoms with Crippen LogP contribution in [0.1, 0.15) is 17.1 Å². The molecule has 0 unspecified atom stereocenters. The molecule has 0 saturated heterocycles. The first-order chi connectivity index (χ1) is 18.9. The van der Waals surface area contributed by atoms with Gasteiger partial charge < -0.3 is 18.6 Å². The van der Waals surface area contributed by atoms with Crippen molar-refractivity contribution in [2.75, 3.05) is 21.3 Å². The Balaban J connectivity index is 0.000000301. The fourth-order valence-electron chi connectivity index (χ4n) is 3.07. The number of methoxy groups -OCH3 is 2. The molecular weight excluding hydrogens is 683 g/mol. The molecule has 10 nitrogen and oxygen atoms in total. The summed E-state index contributed by atoms with van der Waals surface area (Å²) in [7, 11) is 9.24. The van der Waals surface area contributed by atoms with Gasteiger partial charge in [0.15, 0.2) is 0 Å². The number of ether oxygens (including phenoxy) is 2. The van der Waals surface area contributed by atoms with Gasteiger partial charge in [0.25, 0.3) is 0 Å². The Morgan fingerprint density at radius 1 is 0.700 bits per heavy atom. The largest absolute Gasteiger partial charge is 1.00 e. The van der Waals surface area contributed by atoms with Crippen LogP contribution in [0.5, 0.6) is 11.5 Å². The molecule has 5 rings (SSSR count). The van der Waals surface area contributed by atoms with Crippen molar-refractivity contribution in [3.8, 4) is 11.5 Å². The smallest absolute Gasteiger partial charge is 0.497 e. The van der Waals surface area contributed by atoms with Crippen molar-refractivity contribution in [3.63, 3.8) is 0 Å². The predicted octanol–water partition coefficient (Wildman–Crippen LogP) is 4.35. The molecule has 1 radical (unpaired) electrons. The number of aryl methyl sites for hydroxylation is 3. The van der Waals surface area contributed by atoms with Crippen LogP contribution in [0.4, 0.5) is 0 Å². The molecule has 5 heterocycles. The van der Waals surface area contributed by atoms with Gasteiger partial charge in [0.2, 0.25) is 0 Å². The zero-order chi connectivity index (χ0) is 28.3. The average molecular weight is 721 g/mol. The van der Waals surface area contributed by atoms with Gasteiger partial charge in [-0.25, -0.2) is 9.97 Å². The van der Waals surface area contributed by atoms with E-state index in [0.717, 1.165) is 41.7 Å². The van der Waals surface area contributed by atoms with Crippen LogP contribution in [-0.4, -0.2) is 60.2 Å². The first-order valence-electron chi connectivity index (χ1n) is 12.3. The Kier molecular flexibility index (Phi) is 17.1. The Hall–Kier alpha value is -3.93. The van der Waals surface area contributed by atoms with Gasteiger partial charge in [-0.15, -0.1) is 0 Å². The van der Waals surface area contributed by atoms with Gasteiger partial charge in [0.05, 0.1) is 38.3 Å². The first-order valence-corrected chi connectivity index (χ1v) is 12.3. The number of nitrogens with zero attached hydrogens (tertiary/aromatic N) is 8. The molecule has 0 N–H and O–H groups in total. The van der Waals surface area contributed by atoms with Gasteiger partial charge >= 0.3 is 19.8 Å². The maximum absolute atomic E-state index is 5.18. The molecule has 5 aromatic heterocycles. The van der Waals surface area contributed by atoms with Crippen molar-refractivity contribution in [1.82, 2.24) is 39.0 Å². The molecule has 0 aliphatic carbocycles. The Morgan fingerprint density at radius 2 is 1.25 bits per heavy atom. The van der Waals surface area contributed by atoms with E-state index in [4.69, 9.17) is 9.47 Å². The number of rotatable bonds is 6. The normalized spacial score (nSPS) is 9.47. The van der Waals surface area contributed by atoms with Crippen molar-refractivity contribution in [1.29, 1.82) is 0 Å². The van der Waals surface area contributed by atoms with Gasteiger partial charge in [0, 0.05) is 88.4 Å². The second-order valence-electron chi connectivity index (χ2n) is 8.47. The fraction of sp³-hybridized carbons (Fsp3) is 0.276. The minimum atomic E-state index is 0. The molecule has 11 heteroatoms. The minimum absolute atomic E-state index is 0. The van der Waals surface area contributed by atoms with Crippen LogP contribution in [0.3, 0.4) is 0 Å². The van der Waals surface area contributed by atoms with Gasteiger partial charge in [-0.05, 0) is 38.2 Å². The van der Waals surface area contributed by atoms with Gasteiger partial charge in [0.1, 0.15) is 11.5 Å². The molecule has 0 aliphatic rings. The maximum atomic E-state index is 5.18. The number of imidazole rings is 2. The molecule has 0 fully saturated rings. The molecule has 0 bridgehead atoms. The molecule has 0 amide bonds. The first kappa shape index (κ1) is 34.1. The zero-order valence-electron chi connectivity index (χ0n) is 23.9. The van der Waals surface area contributed by atoms with Crippen LogP contribution in [0.2, 0.25) is 0 Å². The van der Waals surface area contributed by atoms with Gasteiger partial charge in [-0.3, -0.25) is 19.9 Å². The van der Waals surface area contributed by atoms with E-state index >= 15 is 0 Å². The van der Waals surface area contributed by atoms with Crippen molar-refractivity contribution >= 4 is 0 Å². The van der Waals surface area contributed by atoms with E-state index < -0.39 is 0 Å². The topological polar surface area (TPSA) is 96.0 Å². The van der Waals surface area contributed by atoms with Gasteiger partial charge in [-0.2, -0.15) is 0 Å². The van der Waals surface area contributed by atoms with Crippen LogP contribution in [0, 0.1) is 6.92 Å². The summed E-state index contributed by atoms with van der Waals surface area (Å²) in [4.78, 5) is 22.4. The van der Waals surface area contributed by atoms with E-state index in [0.29, 0.717) is 0 Å². The summed E-state index contributed by atoms with van der Waals surface area (Å²) in [6, 6.07) is 13.5. The molecule has 0 atom stereocenters. The summed E-state index contributed by atoms with van der Waals surface area (Å²) in [5, 5.41) is 0. The van der Waals surface area contributed by atoms with E-state index in [-0.39, 0.29) is 19.8 Å². The predicted molar refractivity (Wildman–Crippen MR) is 152 cm³/mol. The fourth-order valence-corrected chi connectivity index (χ4v) is 3.07. The number of hydrogen-bond donors (Lipinski definition) is 0. The maximum Gasteiger partial charge on any atom is 1.00 e. The van der Waals surface area contributed by atoms with Crippen molar-refractivity contribution in [2.24, 2.45) is 14.1 Å². The standard InChI is InChI=1S/C14H17N3O.C7H9NO.2C4H6N2.Os/c1-17(10-12-5-3-4-7-15-12)11-13-9-14(18-2)6-8-16-13;1-6-5-7(9-2)3-4-8-6;2*1-6-3-2-5-4-6;/h3-9H,10-11H2,1-2H3;3-5H,1-2H3;2*2-4H,1H3;/q;;;;+1. The van der Waals surface area contributed by atoms with E-state index in [1.165, 1.54) is 0 Å². The second-order valence-corrected chi connectivity index (χ2v) is 8.47. The summed E-state index contributed by atoms with van der Waals surface area (Å²) in [6.07, 6.45) is 16.1. The van der Waals surface area contributed by atoms with Crippen molar-refractivity contribution < 1.29 is 29.3 Å². The summed E-state index contributed by atoms with van der Waals surface area (Å²) in [5.74, 6) is 1.70. The molecule has 213 valence electrons. The third-order valence-electron chi connectivity index (χ3n) is 4.99. The molecule has 0 spiro atoms. The van der Waals surface area contributed by atoms with Crippen LogP contribution in [0.15, 0.2) is 98.5 Å². The summed E-state index contributed by atoms with van der Waals surface area (Å²) in [5.41, 5.74) is 3.03. The molecule has 40 heavy (non-hydrogen) atoms. The minimum Gasteiger partial charge on any atom is -0.497 e. The SMILES string of the molecule is COc1ccnc(C)c1.COc1ccnc(CN(C)Cc2ccccn2)c1.Cn1ccnc1.Cn1ccnc1.[Os+]. The Labute approximate surface area is 250 Å². The second kappa shape index (κ2) is 20.0. The van der Waals surface area contributed by atoms with Crippen LogP contribution in [-0.2, 0) is 47.0 Å². The van der Waals surface area contributed by atoms with E-state index in [2.05, 4.69) is 36.9 Å². The third kappa shape index (κ3) is 14.9. The summed E-state index contributed by atoms with van der Waals surface area (Å²) < 4.78 is 13.9. The van der Waals surface area contributed by atoms with Crippen molar-refractivity contribution in [3.05, 3.63) is 116 Å². The van der Waals surface area contributed by atoms with E-state index in [9.17, 15) is 0 Å².